The van der Waals surface area contributed by atoms with Gasteiger partial charge in [0.1, 0.15) is 17.5 Å². The van der Waals surface area contributed by atoms with Gasteiger partial charge in [0.25, 0.3) is 11.8 Å². The molecule has 7 rings (SSSR count). The number of Topliss-reactive ketones (excluding diaryl/α,β-unsaturated/α-hetero) is 3. The molecular weight excluding hydrogens is 1600 g/mol. The van der Waals surface area contributed by atoms with E-state index in [4.69, 9.17) is 47.0 Å². The lowest BCUT2D eigenvalue weighted by atomic mass is 9.89. The molecule has 5 amide bonds. The van der Waals surface area contributed by atoms with Crippen molar-refractivity contribution in [2.75, 3.05) is 53.9 Å². The summed E-state index contributed by atoms with van der Waals surface area (Å²) in [6.07, 6.45) is 2.16. The number of unbranched alkanes of at least 4 members (excludes halogenated alkanes) is 6. The molecule has 654 valence electrons. The first kappa shape index (κ1) is 100. The molecule has 0 radical (unpaired) electrons. The third-order valence-electron chi connectivity index (χ3n) is 18.9. The number of nitrogens with two attached hydrogens (primary N) is 3. The Morgan fingerprint density at radius 2 is 0.892 bits per heavy atom. The quantitative estimate of drug-likeness (QED) is 0.00736. The van der Waals surface area contributed by atoms with E-state index in [9.17, 15) is 73.2 Å². The number of imide groups is 1. The summed E-state index contributed by atoms with van der Waals surface area (Å²) in [4.78, 5) is 117. The summed E-state index contributed by atoms with van der Waals surface area (Å²) >= 11 is 0. The molecule has 120 heavy (non-hydrogen) atoms. The average molecular weight is 1710 g/mol. The number of benzene rings is 6. The van der Waals surface area contributed by atoms with Gasteiger partial charge < -0.3 is 56.9 Å². The van der Waals surface area contributed by atoms with Gasteiger partial charge in [0.15, 0.2) is 11.6 Å². The lowest BCUT2D eigenvalue weighted by Gasteiger charge is -2.22. The topological polar surface area (TPSA) is 457 Å². The molecule has 4 atom stereocenters. The number of hydroxylamine groups is 2. The first-order valence-corrected chi connectivity index (χ1v) is 43.1. The first-order chi connectivity index (χ1) is 57.3. The number of hydrogen-bond donors (Lipinski definition) is 10. The Morgan fingerprint density at radius 1 is 0.483 bits per heavy atom. The summed E-state index contributed by atoms with van der Waals surface area (Å²) in [6, 6.07) is 42.7. The third kappa shape index (κ3) is 40.2. The molecule has 0 saturated carbocycles. The molecule has 1 aliphatic rings. The van der Waals surface area contributed by atoms with Crippen molar-refractivity contribution < 1.29 is 96.9 Å². The van der Waals surface area contributed by atoms with Crippen molar-refractivity contribution in [2.45, 2.75) is 185 Å². The largest absolute Gasteiger partial charge is 0.471 e. The Morgan fingerprint density at radius 3 is 1.32 bits per heavy atom. The van der Waals surface area contributed by atoms with Gasteiger partial charge in [0, 0.05) is 102 Å². The van der Waals surface area contributed by atoms with Crippen LogP contribution >= 0.6 is 0 Å². The monoisotopic (exact) mass is 1710 g/mol. The fraction of sp³-hybridized carbons (Fsp3) is 0.453. The van der Waals surface area contributed by atoms with Crippen molar-refractivity contribution >= 4 is 84.6 Å². The van der Waals surface area contributed by atoms with E-state index in [1.165, 1.54) is 6.07 Å². The number of nitrogen functional groups attached to an aromatic ring is 2. The predicted octanol–water partition coefficient (Wildman–Crippen LogP) is 9.00. The van der Waals surface area contributed by atoms with Crippen LogP contribution in [0.2, 0.25) is 0 Å². The fourth-order valence-electron chi connectivity index (χ4n) is 12.4. The highest BCUT2D eigenvalue weighted by Crippen LogP contribution is 2.24. The highest BCUT2D eigenvalue weighted by atomic mass is 32.2. The van der Waals surface area contributed by atoms with Gasteiger partial charge >= 0.3 is 18.1 Å². The summed E-state index contributed by atoms with van der Waals surface area (Å²) in [7, 11) is -4.70. The number of ether oxygens (including phenoxy) is 4. The van der Waals surface area contributed by atoms with Crippen molar-refractivity contribution in [1.82, 2.24) is 30.5 Å². The van der Waals surface area contributed by atoms with E-state index in [1.54, 1.807) is 142 Å². The minimum atomic E-state index is -5.04. The van der Waals surface area contributed by atoms with Crippen LogP contribution in [-0.2, 0) is 138 Å². The predicted molar refractivity (Wildman–Crippen MR) is 446 cm³/mol. The minimum absolute atomic E-state index is 0.0131. The van der Waals surface area contributed by atoms with Crippen LogP contribution in [0.1, 0.15) is 172 Å². The van der Waals surface area contributed by atoms with Gasteiger partial charge in [-0.2, -0.15) is 13.2 Å². The normalized spacial score (nSPS) is 13.1. The van der Waals surface area contributed by atoms with Crippen LogP contribution in [0.3, 0.4) is 0 Å². The summed E-state index contributed by atoms with van der Waals surface area (Å²) < 4.78 is 117. The van der Waals surface area contributed by atoms with E-state index in [2.05, 4.69) is 24.9 Å². The highest BCUT2D eigenvalue weighted by Gasteiger charge is 2.39. The molecule has 0 aromatic heterocycles. The van der Waals surface area contributed by atoms with E-state index in [0.717, 1.165) is 42.4 Å². The Hall–Kier alpha value is -10.3. The number of nitrogens with one attached hydrogen (secondary N) is 7. The van der Waals surface area contributed by atoms with Crippen molar-refractivity contribution in [3.8, 4) is 0 Å². The van der Waals surface area contributed by atoms with Gasteiger partial charge in [0.2, 0.25) is 31.9 Å². The summed E-state index contributed by atoms with van der Waals surface area (Å²) in [5.41, 5.74) is 23.3. The molecule has 6 aromatic rings. The number of ketones is 3. The molecular formula is C86H114F3N11O18S2. The SMILES string of the molecule is CCCCCC[C@@H](NS(=O)(=O)Cc1ccccc1)C(=O)C[C@@H](Cc1cccc(CNC(=O)C(F)(F)F)c1)C(=O)NCc1ccc(C(=N)N)cc1.COCCOCCC(=O)CCCCCC[C@@H](NS(=O)(=O)Cc1ccccc1)C(=O)C[C@@H](Cc1cccc(CN)c1)C(=O)NCc1ccc(C(=N)N)cc1.COCCOCCC(=O)ON1C(=O)CCC1=O. The van der Waals surface area contributed by atoms with Crippen molar-refractivity contribution in [3.63, 3.8) is 0 Å². The lowest BCUT2D eigenvalue weighted by molar-refractivity contribution is -0.198. The maximum Gasteiger partial charge on any atom is 0.471 e. The van der Waals surface area contributed by atoms with Gasteiger partial charge in [-0.1, -0.05) is 210 Å². The number of carbonyl (C=O) groups excluding carboxylic acids is 9. The van der Waals surface area contributed by atoms with Crippen LogP contribution in [0.4, 0.5) is 13.2 Å². The summed E-state index contributed by atoms with van der Waals surface area (Å²) in [5, 5.41) is 23.3. The second-order valence-electron chi connectivity index (χ2n) is 28.8. The molecule has 0 unspecified atom stereocenters. The first-order valence-electron chi connectivity index (χ1n) is 39.8. The van der Waals surface area contributed by atoms with E-state index >= 15 is 0 Å². The number of halogens is 3. The van der Waals surface area contributed by atoms with Crippen LogP contribution in [0.5, 0.6) is 0 Å². The van der Waals surface area contributed by atoms with Crippen molar-refractivity contribution in [1.29, 1.82) is 10.8 Å². The standard InChI is InChI=1S/C40H55N5O7S.C36H44F3N5O5S.C10H15NO6/c1-51-22-23-52-21-20-36(46)14-7-2-3-8-15-37(45-53(49,50)29-31-10-5-4-6-11-31)38(47)26-35(25-32-12-9-13-33(24-32)27-41)40(48)44-28-30-16-18-34(19-17-30)39(42)43;1-2-3-4-8-14-31(44-50(48,49)24-26-10-6-5-7-11-26)32(45)21-30(34(46)42-22-25-15-17-29(18-16-25)33(40)41)20-27-12-9-13-28(19-27)23-43-35(47)36(37,38)39;1-15-6-7-16-5-4-10(14)17-11-8(12)2-3-9(11)13/h4-6,9-13,16-19,24,35,37,45H,2-3,7-8,14-15,20-23,25-29,41H2,1H3,(H3,42,43)(H,44,48);5-7,9-13,15-19,30-31,44H,2-4,8,14,20-24H2,1H3,(H3,40,41)(H,42,46)(H,43,47);2-7H2,1H3/t35-,37-;30-,31-;/m11./s1. The second kappa shape index (κ2) is 54.1. The number of sulfonamides is 2. The van der Waals surface area contributed by atoms with Gasteiger partial charge in [-0.3, -0.25) is 49.2 Å². The molecule has 29 nitrogen and oxygen atoms in total. The molecule has 34 heteroatoms. The van der Waals surface area contributed by atoms with Gasteiger partial charge in [-0.15, -0.1) is 5.06 Å². The Kier molecular flexibility index (Phi) is 45.2. The van der Waals surface area contributed by atoms with Crippen LogP contribution in [0.15, 0.2) is 158 Å². The maximum absolute atomic E-state index is 14.0. The van der Waals surface area contributed by atoms with Crippen LogP contribution in [0, 0.1) is 22.7 Å². The molecule has 1 aliphatic heterocycles. The lowest BCUT2D eigenvalue weighted by Crippen LogP contribution is -2.43. The number of alkyl halides is 3. The molecule has 0 aliphatic carbocycles. The van der Waals surface area contributed by atoms with Crippen LogP contribution < -0.4 is 42.6 Å². The number of amides is 5. The Balaban J connectivity index is 0.000000357. The van der Waals surface area contributed by atoms with Crippen molar-refractivity contribution in [2.24, 2.45) is 29.0 Å². The molecule has 1 saturated heterocycles. The molecule has 13 N–H and O–H groups in total. The second-order valence-corrected chi connectivity index (χ2v) is 32.3. The van der Waals surface area contributed by atoms with Crippen LogP contribution in [-0.4, -0.2) is 159 Å². The van der Waals surface area contributed by atoms with Crippen LogP contribution in [0.25, 0.3) is 0 Å². The van der Waals surface area contributed by atoms with E-state index in [0.29, 0.717) is 122 Å². The Bertz CT molecular complexity index is 4480. The van der Waals surface area contributed by atoms with E-state index in [-0.39, 0.29) is 118 Å². The number of amidine groups is 2. The number of methoxy groups -OCH3 is 2. The minimum Gasteiger partial charge on any atom is -0.384 e. The molecule has 0 bridgehead atoms. The van der Waals surface area contributed by atoms with Gasteiger partial charge in [-0.25, -0.2) is 31.1 Å². The zero-order valence-electron chi connectivity index (χ0n) is 68.2. The summed E-state index contributed by atoms with van der Waals surface area (Å²) in [5.74, 6) is -7.75. The van der Waals surface area contributed by atoms with E-state index in [1.807, 2.05) is 36.5 Å². The number of hydrogen-bond acceptors (Lipinski definition) is 21. The van der Waals surface area contributed by atoms with Crippen molar-refractivity contribution in [3.05, 3.63) is 213 Å². The number of nitrogens with zero attached hydrogens (tertiary/aromatic N) is 1. The number of carbonyl (C=O) groups is 9. The Labute approximate surface area is 700 Å². The summed E-state index contributed by atoms with van der Waals surface area (Å²) in [6.45, 7) is 4.52. The fourth-order valence-corrected chi connectivity index (χ4v) is 15.2. The molecule has 0 spiro atoms. The zero-order chi connectivity index (χ0) is 87.9. The zero-order valence-corrected chi connectivity index (χ0v) is 69.9. The number of rotatable bonds is 54. The maximum atomic E-state index is 14.0. The average Bonchev–Trinajstić information content (AvgIpc) is 1.32. The molecule has 6 aromatic carbocycles. The van der Waals surface area contributed by atoms with Gasteiger partial charge in [-0.05, 0) is 76.6 Å². The van der Waals surface area contributed by atoms with Gasteiger partial charge in [0.05, 0.1) is 69.7 Å². The third-order valence-corrected chi connectivity index (χ3v) is 21.6. The smallest absolute Gasteiger partial charge is 0.384 e. The highest BCUT2D eigenvalue weighted by molar-refractivity contribution is 7.89. The molecule has 1 fully saturated rings. The molecule has 1 heterocycles. The van der Waals surface area contributed by atoms with E-state index < -0.39 is 92.1 Å².